The van der Waals surface area contributed by atoms with Crippen molar-refractivity contribution in [3.8, 4) is 5.75 Å². The summed E-state index contributed by atoms with van der Waals surface area (Å²) in [7, 11) is 0. The molecule has 22 heavy (non-hydrogen) atoms. The summed E-state index contributed by atoms with van der Waals surface area (Å²) in [6.07, 6.45) is 3.02. The van der Waals surface area contributed by atoms with E-state index in [0.29, 0.717) is 17.9 Å². The van der Waals surface area contributed by atoms with Gasteiger partial charge in [0.1, 0.15) is 11.5 Å². The number of benzene rings is 1. The van der Waals surface area contributed by atoms with Gasteiger partial charge in [-0.2, -0.15) is 0 Å². The standard InChI is InChI=1S/C17H15NO4/c19-15-7-2-1-5-13(15)11-18(12-14-6-3-9-21-14)17(20)16-8-4-10-22-16/h1-10,19H,11-12H2. The fourth-order valence-electron chi connectivity index (χ4n) is 2.20. The van der Waals surface area contributed by atoms with Crippen LogP contribution >= 0.6 is 0 Å². The zero-order valence-electron chi connectivity index (χ0n) is 11.8. The van der Waals surface area contributed by atoms with E-state index in [1.807, 2.05) is 6.07 Å². The highest BCUT2D eigenvalue weighted by molar-refractivity contribution is 5.91. The van der Waals surface area contributed by atoms with Gasteiger partial charge in [0.2, 0.25) is 0 Å². The van der Waals surface area contributed by atoms with Crippen LogP contribution in [0.3, 0.4) is 0 Å². The highest BCUT2D eigenvalue weighted by atomic mass is 16.3. The zero-order chi connectivity index (χ0) is 15.4. The highest BCUT2D eigenvalue weighted by Gasteiger charge is 2.20. The lowest BCUT2D eigenvalue weighted by Crippen LogP contribution is -2.29. The van der Waals surface area contributed by atoms with E-state index in [0.717, 1.165) is 0 Å². The van der Waals surface area contributed by atoms with Crippen molar-refractivity contribution in [2.75, 3.05) is 0 Å². The molecule has 0 saturated heterocycles. The molecule has 0 aliphatic heterocycles. The van der Waals surface area contributed by atoms with Gasteiger partial charge in [0.15, 0.2) is 5.76 Å². The summed E-state index contributed by atoms with van der Waals surface area (Å²) in [6, 6.07) is 13.8. The van der Waals surface area contributed by atoms with Crippen LogP contribution in [0.5, 0.6) is 5.75 Å². The topological polar surface area (TPSA) is 66.8 Å². The molecule has 3 aromatic rings. The van der Waals surface area contributed by atoms with E-state index in [9.17, 15) is 9.90 Å². The molecule has 0 spiro atoms. The molecule has 2 heterocycles. The van der Waals surface area contributed by atoms with E-state index >= 15 is 0 Å². The average Bonchev–Trinajstić information content (AvgIpc) is 3.21. The number of amides is 1. The van der Waals surface area contributed by atoms with E-state index in [2.05, 4.69) is 0 Å². The molecule has 3 rings (SSSR count). The van der Waals surface area contributed by atoms with Crippen molar-refractivity contribution in [3.63, 3.8) is 0 Å². The fraction of sp³-hybridized carbons (Fsp3) is 0.118. The maximum Gasteiger partial charge on any atom is 0.290 e. The van der Waals surface area contributed by atoms with Crippen molar-refractivity contribution in [3.05, 3.63) is 78.1 Å². The third kappa shape index (κ3) is 3.03. The SMILES string of the molecule is O=C(c1ccco1)N(Cc1ccco1)Cc1ccccc1O. The molecule has 0 saturated carbocycles. The molecule has 0 aliphatic carbocycles. The Labute approximate surface area is 127 Å². The summed E-state index contributed by atoms with van der Waals surface area (Å²) in [4.78, 5) is 14.1. The first-order valence-electron chi connectivity index (χ1n) is 6.86. The number of hydrogen-bond donors (Lipinski definition) is 1. The number of phenols is 1. The molecule has 5 heteroatoms. The van der Waals surface area contributed by atoms with Crippen LogP contribution < -0.4 is 0 Å². The first-order chi connectivity index (χ1) is 10.7. The van der Waals surface area contributed by atoms with E-state index in [1.54, 1.807) is 53.6 Å². The summed E-state index contributed by atoms with van der Waals surface area (Å²) >= 11 is 0. The van der Waals surface area contributed by atoms with Gasteiger partial charge >= 0.3 is 0 Å². The van der Waals surface area contributed by atoms with Crippen LogP contribution in [0.2, 0.25) is 0 Å². The molecular weight excluding hydrogens is 282 g/mol. The van der Waals surface area contributed by atoms with E-state index < -0.39 is 0 Å². The third-order valence-electron chi connectivity index (χ3n) is 3.30. The summed E-state index contributed by atoms with van der Waals surface area (Å²) < 4.78 is 10.5. The van der Waals surface area contributed by atoms with Crippen LogP contribution in [-0.2, 0) is 13.1 Å². The Bertz CT molecular complexity index is 732. The lowest BCUT2D eigenvalue weighted by molar-refractivity contribution is 0.0684. The van der Waals surface area contributed by atoms with Crippen LogP contribution in [0.1, 0.15) is 21.9 Å². The van der Waals surface area contributed by atoms with Crippen LogP contribution in [0.25, 0.3) is 0 Å². The van der Waals surface area contributed by atoms with Crippen LogP contribution in [0, 0.1) is 0 Å². The Morgan fingerprint density at radius 3 is 2.41 bits per heavy atom. The molecule has 0 atom stereocenters. The number of para-hydroxylation sites is 1. The first-order valence-corrected chi connectivity index (χ1v) is 6.86. The molecule has 0 radical (unpaired) electrons. The number of nitrogens with zero attached hydrogens (tertiary/aromatic N) is 1. The number of carbonyl (C=O) groups is 1. The molecule has 1 aromatic carbocycles. The Kier molecular flexibility index (Phi) is 3.96. The minimum Gasteiger partial charge on any atom is -0.508 e. The Hall–Kier alpha value is -2.95. The number of phenolic OH excluding ortho intramolecular Hbond substituents is 1. The Balaban J connectivity index is 1.85. The average molecular weight is 297 g/mol. The molecular formula is C17H15NO4. The molecule has 5 nitrogen and oxygen atoms in total. The van der Waals surface area contributed by atoms with Gasteiger partial charge in [0.25, 0.3) is 5.91 Å². The normalized spacial score (nSPS) is 10.5. The highest BCUT2D eigenvalue weighted by Crippen LogP contribution is 2.21. The Morgan fingerprint density at radius 1 is 0.955 bits per heavy atom. The summed E-state index contributed by atoms with van der Waals surface area (Å²) in [6.45, 7) is 0.549. The molecule has 0 fully saturated rings. The van der Waals surface area contributed by atoms with Gasteiger partial charge in [0.05, 0.1) is 25.6 Å². The van der Waals surface area contributed by atoms with Crippen LogP contribution in [0.15, 0.2) is 69.9 Å². The second-order valence-electron chi connectivity index (χ2n) is 4.85. The zero-order valence-corrected chi connectivity index (χ0v) is 11.8. The van der Waals surface area contributed by atoms with Crippen molar-refractivity contribution in [1.82, 2.24) is 4.90 Å². The molecule has 0 aliphatic rings. The van der Waals surface area contributed by atoms with Gasteiger partial charge in [-0.05, 0) is 30.3 Å². The van der Waals surface area contributed by atoms with Gasteiger partial charge in [-0.3, -0.25) is 4.79 Å². The van der Waals surface area contributed by atoms with Crippen molar-refractivity contribution in [2.45, 2.75) is 13.1 Å². The van der Waals surface area contributed by atoms with Gasteiger partial charge < -0.3 is 18.8 Å². The van der Waals surface area contributed by atoms with Gasteiger partial charge in [0, 0.05) is 5.56 Å². The third-order valence-corrected chi connectivity index (χ3v) is 3.30. The van der Waals surface area contributed by atoms with Gasteiger partial charge in [-0.1, -0.05) is 18.2 Å². The summed E-state index contributed by atoms with van der Waals surface area (Å²) in [5, 5.41) is 9.91. The van der Waals surface area contributed by atoms with E-state index in [-0.39, 0.29) is 24.0 Å². The fourth-order valence-corrected chi connectivity index (χ4v) is 2.20. The largest absolute Gasteiger partial charge is 0.508 e. The number of rotatable bonds is 5. The summed E-state index contributed by atoms with van der Waals surface area (Å²) in [5.74, 6) is 0.807. The number of furan rings is 2. The number of hydrogen-bond acceptors (Lipinski definition) is 4. The van der Waals surface area contributed by atoms with Crippen molar-refractivity contribution in [1.29, 1.82) is 0 Å². The minimum absolute atomic E-state index is 0.152. The van der Waals surface area contributed by atoms with Crippen molar-refractivity contribution >= 4 is 5.91 Å². The Morgan fingerprint density at radius 2 is 1.73 bits per heavy atom. The lowest BCUT2D eigenvalue weighted by atomic mass is 10.2. The van der Waals surface area contributed by atoms with Crippen LogP contribution in [-0.4, -0.2) is 15.9 Å². The van der Waals surface area contributed by atoms with Crippen molar-refractivity contribution < 1.29 is 18.7 Å². The molecule has 112 valence electrons. The van der Waals surface area contributed by atoms with E-state index in [4.69, 9.17) is 8.83 Å². The minimum atomic E-state index is -0.260. The number of aromatic hydroxyl groups is 1. The molecule has 0 bridgehead atoms. The first kappa shape index (κ1) is 14.0. The molecule has 1 N–H and O–H groups in total. The van der Waals surface area contributed by atoms with Gasteiger partial charge in [-0.25, -0.2) is 0 Å². The maximum atomic E-state index is 12.6. The predicted octanol–water partition coefficient (Wildman–Crippen LogP) is 3.42. The van der Waals surface area contributed by atoms with Crippen LogP contribution in [0.4, 0.5) is 0 Å². The monoisotopic (exact) mass is 297 g/mol. The van der Waals surface area contributed by atoms with Crippen molar-refractivity contribution in [2.24, 2.45) is 0 Å². The second kappa shape index (κ2) is 6.22. The lowest BCUT2D eigenvalue weighted by Gasteiger charge is -2.21. The maximum absolute atomic E-state index is 12.6. The van der Waals surface area contributed by atoms with Gasteiger partial charge in [-0.15, -0.1) is 0 Å². The summed E-state index contributed by atoms with van der Waals surface area (Å²) in [5.41, 5.74) is 0.661. The molecule has 0 unspecified atom stereocenters. The number of carbonyl (C=O) groups excluding carboxylic acids is 1. The second-order valence-corrected chi connectivity index (χ2v) is 4.85. The van der Waals surface area contributed by atoms with E-state index in [1.165, 1.54) is 6.26 Å². The molecule has 2 aromatic heterocycles. The quantitative estimate of drug-likeness (QED) is 0.783. The predicted molar refractivity (Wildman–Crippen MR) is 79.1 cm³/mol. The smallest absolute Gasteiger partial charge is 0.290 e. The molecule has 1 amide bonds.